The van der Waals surface area contributed by atoms with Crippen LogP contribution in [0.3, 0.4) is 0 Å². The van der Waals surface area contributed by atoms with Crippen LogP contribution in [-0.4, -0.2) is 25.9 Å². The van der Waals surface area contributed by atoms with Gasteiger partial charge >= 0.3 is 0 Å². The molecule has 2 fully saturated rings. The zero-order valence-electron chi connectivity index (χ0n) is 20.5. The number of nitrogens with two attached hydrogens (primary N) is 1. The molecule has 6 rings (SSSR count). The van der Waals surface area contributed by atoms with Gasteiger partial charge in [0.25, 0.3) is 0 Å². The van der Waals surface area contributed by atoms with Crippen molar-refractivity contribution in [3.63, 3.8) is 0 Å². The molecule has 0 spiro atoms. The van der Waals surface area contributed by atoms with E-state index >= 15 is 0 Å². The van der Waals surface area contributed by atoms with Gasteiger partial charge in [0.1, 0.15) is 17.5 Å². The number of allylic oxidation sites excluding steroid dienone is 1. The van der Waals surface area contributed by atoms with Crippen molar-refractivity contribution in [2.24, 2.45) is 0 Å². The van der Waals surface area contributed by atoms with Gasteiger partial charge in [-0.1, -0.05) is 17.7 Å². The molecule has 7 nitrogen and oxygen atoms in total. The molecule has 1 aliphatic carbocycles. The van der Waals surface area contributed by atoms with Crippen molar-refractivity contribution < 1.29 is 4.74 Å². The van der Waals surface area contributed by atoms with Gasteiger partial charge in [-0.15, -0.1) is 0 Å². The Balaban J connectivity index is 1.69. The van der Waals surface area contributed by atoms with Crippen LogP contribution in [0.4, 0.5) is 5.82 Å². The molecule has 4 aromatic rings. The van der Waals surface area contributed by atoms with Gasteiger partial charge in [-0.2, -0.15) is 10.4 Å². The van der Waals surface area contributed by atoms with E-state index in [2.05, 4.69) is 49.6 Å². The lowest BCUT2D eigenvalue weighted by Gasteiger charge is -2.23. The normalized spacial score (nSPS) is 18.2. The lowest BCUT2D eigenvalue weighted by Crippen LogP contribution is -2.19. The fraction of sp³-hybridized carbons (Fsp3) is 0.393. The van der Waals surface area contributed by atoms with E-state index < -0.39 is 0 Å². The van der Waals surface area contributed by atoms with Gasteiger partial charge < -0.3 is 10.5 Å². The van der Waals surface area contributed by atoms with E-state index in [1.54, 1.807) is 0 Å². The number of ether oxygens (including phenoxy) is 1. The molecule has 1 unspecified atom stereocenters. The van der Waals surface area contributed by atoms with Crippen LogP contribution < -0.4 is 5.73 Å². The Kier molecular flexibility index (Phi) is 5.15. The van der Waals surface area contributed by atoms with Crippen molar-refractivity contribution in [2.45, 2.75) is 65.0 Å². The average Bonchev–Trinajstić information content (AvgIpc) is 3.53. The first-order valence-electron chi connectivity index (χ1n) is 12.5. The predicted molar refractivity (Wildman–Crippen MR) is 138 cm³/mol. The molecule has 1 saturated carbocycles. The molecule has 35 heavy (non-hydrogen) atoms. The van der Waals surface area contributed by atoms with Crippen molar-refractivity contribution in [3.05, 3.63) is 52.5 Å². The lowest BCUT2D eigenvalue weighted by atomic mass is 10.0. The quantitative estimate of drug-likeness (QED) is 0.390. The number of benzene rings is 1. The van der Waals surface area contributed by atoms with E-state index in [4.69, 9.17) is 20.6 Å². The summed E-state index contributed by atoms with van der Waals surface area (Å²) in [7, 11) is 0. The molecule has 0 radical (unpaired) electrons. The summed E-state index contributed by atoms with van der Waals surface area (Å²) >= 11 is 0. The number of rotatable bonds is 4. The zero-order chi connectivity index (χ0) is 24.3. The minimum atomic E-state index is -0.0582. The fourth-order valence-corrected chi connectivity index (χ4v) is 5.45. The van der Waals surface area contributed by atoms with E-state index in [-0.39, 0.29) is 6.23 Å². The maximum absolute atomic E-state index is 10.1. The highest BCUT2D eigenvalue weighted by Gasteiger charge is 2.31. The molecule has 3 aromatic heterocycles. The lowest BCUT2D eigenvalue weighted by molar-refractivity contribution is -0.0366. The SMILES string of the molecule is CC(C)=Cc1c(C2CC2)ncc2c(C#N)c(N)n(-c3c(C)ccc4c3cnn4C3CCCCO3)c12. The van der Waals surface area contributed by atoms with Gasteiger partial charge in [-0.05, 0) is 64.5 Å². The topological polar surface area (TPSA) is 94.7 Å². The Morgan fingerprint density at radius 3 is 2.69 bits per heavy atom. The minimum Gasteiger partial charge on any atom is -0.384 e. The number of aryl methyl sites for hydroxylation is 1. The standard InChI is InChI=1S/C28H30N6O/c1-16(2)12-19-25(18-8-9-18)31-14-21-20(13-29)28(30)33(27(19)21)26-17(3)7-10-23-22(26)15-32-34(23)24-6-4-5-11-35-24/h7,10,12,14-15,18,24H,4-6,8-9,11,30H2,1-3H3. The number of pyridine rings is 1. The van der Waals surface area contributed by atoms with Gasteiger partial charge in [0.05, 0.1) is 28.6 Å². The summed E-state index contributed by atoms with van der Waals surface area (Å²) in [6.45, 7) is 7.04. The van der Waals surface area contributed by atoms with Crippen molar-refractivity contribution in [2.75, 3.05) is 12.3 Å². The van der Waals surface area contributed by atoms with Crippen LogP contribution in [0.2, 0.25) is 0 Å². The molecule has 1 saturated heterocycles. The van der Waals surface area contributed by atoms with Crippen molar-refractivity contribution in [3.8, 4) is 11.8 Å². The first kappa shape index (κ1) is 21.9. The summed E-state index contributed by atoms with van der Waals surface area (Å²) in [5.41, 5.74) is 14.6. The van der Waals surface area contributed by atoms with Gasteiger partial charge in [-0.3, -0.25) is 9.55 Å². The number of nitriles is 1. The van der Waals surface area contributed by atoms with Crippen LogP contribution in [0.25, 0.3) is 33.6 Å². The molecule has 1 aliphatic heterocycles. The predicted octanol–water partition coefficient (Wildman–Crippen LogP) is 6.14. The Labute approximate surface area is 204 Å². The van der Waals surface area contributed by atoms with Gasteiger partial charge in [0.2, 0.25) is 0 Å². The molecular formula is C28H30N6O. The molecule has 7 heteroatoms. The smallest absolute Gasteiger partial charge is 0.150 e. The van der Waals surface area contributed by atoms with Crippen molar-refractivity contribution in [1.82, 2.24) is 19.3 Å². The third-order valence-electron chi connectivity index (χ3n) is 7.22. The number of hydrogen-bond donors (Lipinski definition) is 1. The first-order valence-corrected chi connectivity index (χ1v) is 12.5. The van der Waals surface area contributed by atoms with Crippen molar-refractivity contribution >= 4 is 33.7 Å². The number of fused-ring (bicyclic) bond motifs is 2. The number of hydrogen-bond acceptors (Lipinski definition) is 5. The minimum absolute atomic E-state index is 0.0582. The molecule has 1 aromatic carbocycles. The largest absolute Gasteiger partial charge is 0.384 e. The Morgan fingerprint density at radius 2 is 2.00 bits per heavy atom. The second-order valence-corrected chi connectivity index (χ2v) is 10.1. The van der Waals surface area contributed by atoms with Crippen LogP contribution in [0, 0.1) is 18.3 Å². The maximum atomic E-state index is 10.1. The molecule has 0 bridgehead atoms. The summed E-state index contributed by atoms with van der Waals surface area (Å²) in [5, 5.41) is 16.6. The number of nitrogens with zero attached hydrogens (tertiary/aromatic N) is 5. The molecule has 2 N–H and O–H groups in total. The van der Waals surface area contributed by atoms with Crippen LogP contribution in [-0.2, 0) is 4.74 Å². The van der Waals surface area contributed by atoms with E-state index in [1.165, 1.54) is 5.57 Å². The Morgan fingerprint density at radius 1 is 1.17 bits per heavy atom. The highest BCUT2D eigenvalue weighted by atomic mass is 16.5. The highest BCUT2D eigenvalue weighted by Crippen LogP contribution is 2.45. The summed E-state index contributed by atoms with van der Waals surface area (Å²) in [6, 6.07) is 6.57. The molecule has 2 aliphatic rings. The van der Waals surface area contributed by atoms with E-state index in [1.807, 2.05) is 17.1 Å². The van der Waals surface area contributed by atoms with E-state index in [0.29, 0.717) is 17.3 Å². The summed E-state index contributed by atoms with van der Waals surface area (Å²) in [6.07, 6.45) is 11.3. The first-order chi connectivity index (χ1) is 17.0. The van der Waals surface area contributed by atoms with E-state index in [9.17, 15) is 5.26 Å². The second-order valence-electron chi connectivity index (χ2n) is 10.1. The van der Waals surface area contributed by atoms with Gasteiger partial charge in [0, 0.05) is 35.1 Å². The monoisotopic (exact) mass is 466 g/mol. The second kappa shape index (κ2) is 8.24. The van der Waals surface area contributed by atoms with Crippen molar-refractivity contribution in [1.29, 1.82) is 5.26 Å². The summed E-state index contributed by atoms with van der Waals surface area (Å²) < 4.78 is 10.1. The molecule has 4 heterocycles. The van der Waals surface area contributed by atoms with Crippen LogP contribution in [0.1, 0.15) is 80.5 Å². The Bertz CT molecular complexity index is 1540. The maximum Gasteiger partial charge on any atom is 0.150 e. The number of anilines is 1. The molecule has 1 atom stereocenters. The van der Waals surface area contributed by atoms with E-state index in [0.717, 1.165) is 83.0 Å². The van der Waals surface area contributed by atoms with Gasteiger partial charge in [0.15, 0.2) is 6.23 Å². The number of aromatic nitrogens is 4. The zero-order valence-corrected chi connectivity index (χ0v) is 20.5. The third kappa shape index (κ3) is 3.43. The van der Waals surface area contributed by atoms with Crippen LogP contribution in [0.5, 0.6) is 0 Å². The van der Waals surface area contributed by atoms with Crippen LogP contribution >= 0.6 is 0 Å². The molecule has 178 valence electrons. The fourth-order valence-electron chi connectivity index (χ4n) is 5.45. The van der Waals surface area contributed by atoms with Crippen LogP contribution in [0.15, 0.2) is 30.1 Å². The average molecular weight is 467 g/mol. The molecule has 0 amide bonds. The third-order valence-corrected chi connectivity index (χ3v) is 7.22. The Hall–Kier alpha value is -3.63. The van der Waals surface area contributed by atoms with Gasteiger partial charge in [-0.25, -0.2) is 4.68 Å². The highest BCUT2D eigenvalue weighted by molar-refractivity contribution is 6.02. The summed E-state index contributed by atoms with van der Waals surface area (Å²) in [4.78, 5) is 4.83. The molecular weight excluding hydrogens is 436 g/mol. The number of nitrogen functional groups attached to an aromatic ring is 1. The summed E-state index contributed by atoms with van der Waals surface area (Å²) in [5.74, 6) is 0.904.